The van der Waals surface area contributed by atoms with E-state index in [4.69, 9.17) is 14.2 Å². The molecule has 0 aromatic heterocycles. The SMILES string of the molecule is COC(=O)[C@H]1[C@@H]2CC=CC[C@H]2CC12OCCO2. The minimum absolute atomic E-state index is 0.185. The lowest BCUT2D eigenvalue weighted by atomic mass is 9.81. The average Bonchev–Trinajstić information content (AvgIpc) is 2.93. The monoisotopic (exact) mass is 238 g/mol. The molecule has 2 aliphatic carbocycles. The van der Waals surface area contributed by atoms with Crippen LogP contribution >= 0.6 is 0 Å². The van der Waals surface area contributed by atoms with E-state index in [9.17, 15) is 4.79 Å². The van der Waals surface area contributed by atoms with Crippen LogP contribution in [0.25, 0.3) is 0 Å². The van der Waals surface area contributed by atoms with Gasteiger partial charge in [0.2, 0.25) is 0 Å². The smallest absolute Gasteiger partial charge is 0.314 e. The molecule has 0 N–H and O–H groups in total. The lowest BCUT2D eigenvalue weighted by Crippen LogP contribution is -2.42. The molecule has 0 radical (unpaired) electrons. The maximum absolute atomic E-state index is 12.0. The first-order valence-electron chi connectivity index (χ1n) is 6.27. The lowest BCUT2D eigenvalue weighted by Gasteiger charge is -2.30. The molecule has 17 heavy (non-hydrogen) atoms. The van der Waals surface area contributed by atoms with E-state index in [0.29, 0.717) is 25.0 Å². The highest BCUT2D eigenvalue weighted by atomic mass is 16.7. The second-order valence-corrected chi connectivity index (χ2v) is 5.08. The predicted molar refractivity (Wildman–Crippen MR) is 60.1 cm³/mol. The van der Waals surface area contributed by atoms with E-state index in [2.05, 4.69) is 12.2 Å². The summed E-state index contributed by atoms with van der Waals surface area (Å²) >= 11 is 0. The van der Waals surface area contributed by atoms with Crippen molar-refractivity contribution in [3.8, 4) is 0 Å². The van der Waals surface area contributed by atoms with Crippen LogP contribution in [0.4, 0.5) is 0 Å². The number of rotatable bonds is 1. The molecule has 4 heteroatoms. The fraction of sp³-hybridized carbons (Fsp3) is 0.769. The number of carbonyl (C=O) groups is 1. The fourth-order valence-electron chi connectivity index (χ4n) is 3.60. The number of ether oxygens (including phenoxy) is 3. The van der Waals surface area contributed by atoms with Crippen molar-refractivity contribution in [2.75, 3.05) is 20.3 Å². The van der Waals surface area contributed by atoms with Crippen molar-refractivity contribution in [3.05, 3.63) is 12.2 Å². The van der Waals surface area contributed by atoms with Gasteiger partial charge < -0.3 is 14.2 Å². The Balaban J connectivity index is 1.92. The van der Waals surface area contributed by atoms with Crippen molar-refractivity contribution >= 4 is 5.97 Å². The van der Waals surface area contributed by atoms with Crippen molar-refractivity contribution in [3.63, 3.8) is 0 Å². The summed E-state index contributed by atoms with van der Waals surface area (Å²) in [6.07, 6.45) is 7.13. The van der Waals surface area contributed by atoms with Gasteiger partial charge in [-0.05, 0) is 24.7 Å². The van der Waals surface area contributed by atoms with Crippen molar-refractivity contribution in [1.29, 1.82) is 0 Å². The summed E-state index contributed by atoms with van der Waals surface area (Å²) in [5, 5.41) is 0. The number of allylic oxidation sites excluding steroid dienone is 2. The Morgan fingerprint density at radius 3 is 2.71 bits per heavy atom. The maximum Gasteiger partial charge on any atom is 0.314 e. The molecule has 3 aliphatic rings. The van der Waals surface area contributed by atoms with Crippen LogP contribution in [0.5, 0.6) is 0 Å². The number of esters is 1. The normalized spacial score (nSPS) is 38.3. The third kappa shape index (κ3) is 1.62. The molecule has 0 aromatic rings. The number of hydrogen-bond acceptors (Lipinski definition) is 4. The molecule has 0 unspecified atom stereocenters. The van der Waals surface area contributed by atoms with Gasteiger partial charge in [0.05, 0.1) is 20.3 Å². The predicted octanol–water partition coefficient (Wildman–Crippen LogP) is 1.50. The molecular formula is C13H18O4. The second kappa shape index (κ2) is 4.10. The van der Waals surface area contributed by atoms with Crippen LogP contribution < -0.4 is 0 Å². The van der Waals surface area contributed by atoms with E-state index in [0.717, 1.165) is 19.3 Å². The summed E-state index contributed by atoms with van der Waals surface area (Å²) < 4.78 is 16.5. The topological polar surface area (TPSA) is 44.8 Å². The number of carbonyl (C=O) groups excluding carboxylic acids is 1. The number of methoxy groups -OCH3 is 1. The molecule has 0 amide bonds. The van der Waals surface area contributed by atoms with E-state index >= 15 is 0 Å². The minimum atomic E-state index is -0.700. The second-order valence-electron chi connectivity index (χ2n) is 5.08. The van der Waals surface area contributed by atoms with Gasteiger partial charge in [-0.25, -0.2) is 0 Å². The van der Waals surface area contributed by atoms with E-state index in [-0.39, 0.29) is 11.9 Å². The van der Waals surface area contributed by atoms with Gasteiger partial charge in [0, 0.05) is 6.42 Å². The van der Waals surface area contributed by atoms with Gasteiger partial charge in [0.25, 0.3) is 0 Å². The first-order chi connectivity index (χ1) is 8.27. The molecule has 1 saturated carbocycles. The van der Waals surface area contributed by atoms with Gasteiger partial charge in [-0.2, -0.15) is 0 Å². The molecule has 4 nitrogen and oxygen atoms in total. The largest absolute Gasteiger partial charge is 0.469 e. The quantitative estimate of drug-likeness (QED) is 0.513. The summed E-state index contributed by atoms with van der Waals surface area (Å²) in [5.41, 5.74) is 0. The Bertz CT molecular complexity index is 343. The van der Waals surface area contributed by atoms with Gasteiger partial charge >= 0.3 is 5.97 Å². The van der Waals surface area contributed by atoms with E-state index in [1.165, 1.54) is 7.11 Å². The number of hydrogen-bond donors (Lipinski definition) is 0. The number of fused-ring (bicyclic) bond motifs is 1. The summed E-state index contributed by atoms with van der Waals surface area (Å²) in [6.45, 7) is 1.17. The van der Waals surface area contributed by atoms with Gasteiger partial charge in [0.15, 0.2) is 5.79 Å². The van der Waals surface area contributed by atoms with Crippen LogP contribution in [0.3, 0.4) is 0 Å². The maximum atomic E-state index is 12.0. The first-order valence-corrected chi connectivity index (χ1v) is 6.27. The van der Waals surface area contributed by atoms with E-state index in [1.54, 1.807) is 0 Å². The minimum Gasteiger partial charge on any atom is -0.469 e. The Morgan fingerprint density at radius 1 is 1.29 bits per heavy atom. The van der Waals surface area contributed by atoms with Crippen LogP contribution in [-0.4, -0.2) is 32.1 Å². The molecule has 0 aromatic carbocycles. The Morgan fingerprint density at radius 2 is 2.00 bits per heavy atom. The Hall–Kier alpha value is -0.870. The third-order valence-corrected chi connectivity index (χ3v) is 4.30. The molecular weight excluding hydrogens is 220 g/mol. The molecule has 3 rings (SSSR count). The van der Waals surface area contributed by atoms with Crippen LogP contribution in [0.2, 0.25) is 0 Å². The van der Waals surface area contributed by atoms with Gasteiger partial charge in [-0.15, -0.1) is 0 Å². The molecule has 3 atom stereocenters. The zero-order valence-electron chi connectivity index (χ0n) is 10.1. The summed E-state index contributed by atoms with van der Waals surface area (Å²) in [7, 11) is 1.44. The summed E-state index contributed by atoms with van der Waals surface area (Å²) in [4.78, 5) is 12.0. The van der Waals surface area contributed by atoms with Crippen LogP contribution in [0, 0.1) is 17.8 Å². The lowest BCUT2D eigenvalue weighted by molar-refractivity contribution is -0.201. The summed E-state index contributed by atoms with van der Waals surface area (Å²) in [6, 6.07) is 0. The average molecular weight is 238 g/mol. The van der Waals surface area contributed by atoms with Crippen molar-refractivity contribution in [2.45, 2.75) is 25.0 Å². The van der Waals surface area contributed by atoms with Crippen LogP contribution in [0.1, 0.15) is 19.3 Å². The first kappa shape index (κ1) is 11.2. The zero-order chi connectivity index (χ0) is 11.9. The molecule has 1 heterocycles. The standard InChI is InChI=1S/C13H18O4/c1-15-12(14)11-10-5-3-2-4-9(10)8-13(11)16-6-7-17-13/h2-3,9-11H,4-8H2,1H3/t9-,10+,11+/m0/s1. The Kier molecular flexibility index (Phi) is 2.71. The van der Waals surface area contributed by atoms with Crippen LogP contribution in [0.15, 0.2) is 12.2 Å². The zero-order valence-corrected chi connectivity index (χ0v) is 10.1. The molecule has 1 saturated heterocycles. The molecule has 1 aliphatic heterocycles. The van der Waals surface area contributed by atoms with E-state index in [1.807, 2.05) is 0 Å². The van der Waals surface area contributed by atoms with E-state index < -0.39 is 5.79 Å². The highest BCUT2D eigenvalue weighted by Crippen LogP contribution is 2.53. The molecule has 94 valence electrons. The van der Waals surface area contributed by atoms with Gasteiger partial charge in [-0.3, -0.25) is 4.79 Å². The molecule has 2 fully saturated rings. The summed E-state index contributed by atoms with van der Waals surface area (Å²) in [5.74, 6) is -0.346. The highest BCUT2D eigenvalue weighted by molar-refractivity contribution is 5.74. The molecule has 1 spiro atoms. The van der Waals surface area contributed by atoms with Gasteiger partial charge in [-0.1, -0.05) is 12.2 Å². The van der Waals surface area contributed by atoms with Crippen molar-refractivity contribution in [2.24, 2.45) is 17.8 Å². The van der Waals surface area contributed by atoms with Gasteiger partial charge in [0.1, 0.15) is 5.92 Å². The fourth-order valence-corrected chi connectivity index (χ4v) is 3.60. The van der Waals surface area contributed by atoms with Crippen molar-refractivity contribution in [1.82, 2.24) is 0 Å². The molecule has 0 bridgehead atoms. The van der Waals surface area contributed by atoms with Crippen LogP contribution in [-0.2, 0) is 19.0 Å². The third-order valence-electron chi connectivity index (χ3n) is 4.30. The van der Waals surface area contributed by atoms with Crippen molar-refractivity contribution < 1.29 is 19.0 Å². The highest BCUT2D eigenvalue weighted by Gasteiger charge is 2.60. The Labute approximate surface area is 101 Å².